The molecular weight excluding hydrogens is 164 g/mol. The molecule has 1 rings (SSSR count). The summed E-state index contributed by atoms with van der Waals surface area (Å²) in [5.41, 5.74) is 0. The van der Waals surface area contributed by atoms with Crippen LogP contribution in [0.1, 0.15) is 6.42 Å². The van der Waals surface area contributed by atoms with Crippen LogP contribution in [0.2, 0.25) is 0 Å². The van der Waals surface area contributed by atoms with Gasteiger partial charge in [-0.15, -0.1) is 0 Å². The van der Waals surface area contributed by atoms with E-state index < -0.39 is 0 Å². The van der Waals surface area contributed by atoms with E-state index in [1.54, 1.807) is 0 Å². The molecule has 0 saturated heterocycles. The number of aliphatic hydroxyl groups excluding tert-OH is 1. The number of rotatable bonds is 3. The largest absolute Gasteiger partial charge is 0.493 e. The van der Waals surface area contributed by atoms with Crippen molar-refractivity contribution >= 4 is 0 Å². The van der Waals surface area contributed by atoms with Gasteiger partial charge in [0.05, 0.1) is 6.61 Å². The molecule has 0 fully saturated rings. The molecule has 0 aliphatic carbocycles. The molecule has 0 spiro atoms. The molecule has 1 aromatic carbocycles. The van der Waals surface area contributed by atoms with Crippen LogP contribution in [0.4, 0.5) is 0 Å². The molecule has 0 aliphatic heterocycles. The van der Waals surface area contributed by atoms with Crippen molar-refractivity contribution in [3.05, 3.63) is 30.3 Å². The summed E-state index contributed by atoms with van der Waals surface area (Å²) in [7, 11) is 0. The van der Waals surface area contributed by atoms with Gasteiger partial charge in [-0.25, -0.2) is 0 Å². The summed E-state index contributed by atoms with van der Waals surface area (Å²) in [6, 6.07) is 9.60. The molecule has 0 radical (unpaired) electrons. The SMILES string of the molecule is OCC#CCCOc1ccccc1. The molecule has 13 heavy (non-hydrogen) atoms. The monoisotopic (exact) mass is 176 g/mol. The van der Waals surface area contributed by atoms with E-state index in [4.69, 9.17) is 9.84 Å². The lowest BCUT2D eigenvalue weighted by Gasteiger charge is -2.01. The maximum Gasteiger partial charge on any atom is 0.119 e. The van der Waals surface area contributed by atoms with Gasteiger partial charge in [0.15, 0.2) is 0 Å². The number of hydrogen-bond acceptors (Lipinski definition) is 2. The van der Waals surface area contributed by atoms with Gasteiger partial charge in [-0.05, 0) is 12.1 Å². The maximum atomic E-state index is 8.37. The topological polar surface area (TPSA) is 29.5 Å². The van der Waals surface area contributed by atoms with Crippen molar-refractivity contribution in [3.8, 4) is 17.6 Å². The molecule has 2 heteroatoms. The van der Waals surface area contributed by atoms with Crippen LogP contribution < -0.4 is 4.74 Å². The summed E-state index contributed by atoms with van der Waals surface area (Å²) < 4.78 is 5.37. The van der Waals surface area contributed by atoms with Crippen LogP contribution in [0, 0.1) is 11.8 Å². The van der Waals surface area contributed by atoms with E-state index in [1.807, 2.05) is 30.3 Å². The third-order valence-corrected chi connectivity index (χ3v) is 1.44. The van der Waals surface area contributed by atoms with E-state index in [0.29, 0.717) is 13.0 Å². The van der Waals surface area contributed by atoms with Crippen molar-refractivity contribution in [2.75, 3.05) is 13.2 Å². The second-order valence-electron chi connectivity index (χ2n) is 2.42. The van der Waals surface area contributed by atoms with Gasteiger partial charge in [0.25, 0.3) is 0 Å². The Morgan fingerprint density at radius 3 is 2.62 bits per heavy atom. The highest BCUT2D eigenvalue weighted by Gasteiger charge is 1.87. The fourth-order valence-electron chi connectivity index (χ4n) is 0.881. The number of ether oxygens (including phenoxy) is 1. The van der Waals surface area contributed by atoms with Crippen LogP contribution >= 0.6 is 0 Å². The minimum Gasteiger partial charge on any atom is -0.493 e. The summed E-state index contributed by atoms with van der Waals surface area (Å²) in [6.45, 7) is 0.488. The number of aliphatic hydroxyl groups is 1. The first kappa shape index (κ1) is 9.63. The first-order chi connectivity index (χ1) is 6.43. The molecule has 0 saturated carbocycles. The fraction of sp³-hybridized carbons (Fsp3) is 0.273. The Balaban J connectivity index is 2.20. The quantitative estimate of drug-likeness (QED) is 0.558. The van der Waals surface area contributed by atoms with Crippen molar-refractivity contribution in [2.45, 2.75) is 6.42 Å². The summed E-state index contributed by atoms with van der Waals surface area (Å²) in [4.78, 5) is 0. The number of para-hydroxylation sites is 1. The summed E-state index contributed by atoms with van der Waals surface area (Å²) in [5, 5.41) is 8.37. The lowest BCUT2D eigenvalue weighted by molar-refractivity contribution is 0.326. The third kappa shape index (κ3) is 4.19. The van der Waals surface area contributed by atoms with Crippen LogP contribution in [-0.2, 0) is 0 Å². The van der Waals surface area contributed by atoms with Gasteiger partial charge in [0, 0.05) is 6.42 Å². The van der Waals surface area contributed by atoms with Crippen molar-refractivity contribution in [1.29, 1.82) is 0 Å². The Hall–Kier alpha value is -1.46. The van der Waals surface area contributed by atoms with E-state index in [1.165, 1.54) is 0 Å². The van der Waals surface area contributed by atoms with E-state index >= 15 is 0 Å². The second kappa shape index (κ2) is 6.10. The zero-order chi connectivity index (χ0) is 9.36. The number of benzene rings is 1. The predicted octanol–water partition coefficient (Wildman–Crippen LogP) is 1.45. The van der Waals surface area contributed by atoms with Crippen LogP contribution in [-0.4, -0.2) is 18.3 Å². The maximum absolute atomic E-state index is 8.37. The van der Waals surface area contributed by atoms with Gasteiger partial charge in [0.2, 0.25) is 0 Å². The van der Waals surface area contributed by atoms with Crippen molar-refractivity contribution in [2.24, 2.45) is 0 Å². The van der Waals surface area contributed by atoms with Gasteiger partial charge in [-0.1, -0.05) is 30.0 Å². The average Bonchev–Trinajstić information content (AvgIpc) is 2.19. The Labute approximate surface area is 78.2 Å². The highest BCUT2D eigenvalue weighted by atomic mass is 16.5. The minimum absolute atomic E-state index is 0.0780. The molecule has 2 nitrogen and oxygen atoms in total. The standard InChI is InChI=1S/C11H12O2/c12-9-5-2-6-10-13-11-7-3-1-4-8-11/h1,3-4,7-8,12H,6,9-10H2. The smallest absolute Gasteiger partial charge is 0.119 e. The molecular formula is C11H12O2. The minimum atomic E-state index is -0.0780. The zero-order valence-electron chi connectivity index (χ0n) is 7.36. The van der Waals surface area contributed by atoms with E-state index in [-0.39, 0.29) is 6.61 Å². The highest BCUT2D eigenvalue weighted by molar-refractivity contribution is 5.20. The molecule has 0 unspecified atom stereocenters. The van der Waals surface area contributed by atoms with Crippen LogP contribution in [0.5, 0.6) is 5.75 Å². The highest BCUT2D eigenvalue weighted by Crippen LogP contribution is 2.07. The lowest BCUT2D eigenvalue weighted by atomic mass is 10.3. The fourth-order valence-corrected chi connectivity index (χ4v) is 0.881. The summed E-state index contributed by atoms with van der Waals surface area (Å²) >= 11 is 0. The molecule has 0 aromatic heterocycles. The zero-order valence-corrected chi connectivity index (χ0v) is 7.36. The van der Waals surface area contributed by atoms with Crippen LogP contribution in [0.25, 0.3) is 0 Å². The average molecular weight is 176 g/mol. The normalized spacial score (nSPS) is 8.69. The van der Waals surface area contributed by atoms with Gasteiger partial charge in [-0.3, -0.25) is 0 Å². The molecule has 1 N–H and O–H groups in total. The van der Waals surface area contributed by atoms with Crippen LogP contribution in [0.3, 0.4) is 0 Å². The Morgan fingerprint density at radius 2 is 1.92 bits per heavy atom. The van der Waals surface area contributed by atoms with Gasteiger partial charge in [-0.2, -0.15) is 0 Å². The first-order valence-corrected chi connectivity index (χ1v) is 4.18. The Morgan fingerprint density at radius 1 is 1.15 bits per heavy atom. The van der Waals surface area contributed by atoms with E-state index in [0.717, 1.165) is 5.75 Å². The molecule has 0 atom stereocenters. The van der Waals surface area contributed by atoms with Crippen LogP contribution in [0.15, 0.2) is 30.3 Å². The van der Waals surface area contributed by atoms with Crippen molar-refractivity contribution in [1.82, 2.24) is 0 Å². The molecule has 0 amide bonds. The summed E-state index contributed by atoms with van der Waals surface area (Å²) in [5.74, 6) is 6.20. The molecule has 0 aliphatic rings. The molecule has 68 valence electrons. The number of hydrogen-bond donors (Lipinski definition) is 1. The van der Waals surface area contributed by atoms with Gasteiger partial charge in [0.1, 0.15) is 12.4 Å². The molecule has 0 bridgehead atoms. The van der Waals surface area contributed by atoms with Crippen molar-refractivity contribution < 1.29 is 9.84 Å². The van der Waals surface area contributed by atoms with E-state index in [2.05, 4.69) is 11.8 Å². The van der Waals surface area contributed by atoms with E-state index in [9.17, 15) is 0 Å². The predicted molar refractivity (Wildman–Crippen MR) is 51.4 cm³/mol. The van der Waals surface area contributed by atoms with Crippen molar-refractivity contribution in [3.63, 3.8) is 0 Å². The molecule has 1 aromatic rings. The summed E-state index contributed by atoms with van der Waals surface area (Å²) in [6.07, 6.45) is 0.648. The Bertz CT molecular complexity index is 282. The lowest BCUT2D eigenvalue weighted by Crippen LogP contribution is -1.95. The van der Waals surface area contributed by atoms with Gasteiger partial charge >= 0.3 is 0 Å². The first-order valence-electron chi connectivity index (χ1n) is 4.18. The van der Waals surface area contributed by atoms with Gasteiger partial charge < -0.3 is 9.84 Å². The second-order valence-corrected chi connectivity index (χ2v) is 2.42. The Kier molecular flexibility index (Phi) is 4.52. The third-order valence-electron chi connectivity index (χ3n) is 1.44. The molecule has 0 heterocycles.